The monoisotopic (exact) mass is 238 g/mol. The quantitative estimate of drug-likeness (QED) is 0.846. The van der Waals surface area contributed by atoms with Crippen LogP contribution in [0.15, 0.2) is 4.42 Å². The van der Waals surface area contributed by atoms with Gasteiger partial charge in [0.25, 0.3) is 0 Å². The molecule has 5 nitrogen and oxygen atoms in total. The third-order valence-corrected chi connectivity index (χ3v) is 3.26. The van der Waals surface area contributed by atoms with Crippen LogP contribution < -0.4 is 11.1 Å². The van der Waals surface area contributed by atoms with Crippen LogP contribution in [-0.2, 0) is 0 Å². The van der Waals surface area contributed by atoms with Crippen molar-refractivity contribution in [1.82, 2.24) is 10.2 Å². The Labute approximate surface area is 102 Å². The van der Waals surface area contributed by atoms with Crippen molar-refractivity contribution in [2.75, 3.05) is 5.32 Å². The molecule has 1 atom stereocenters. The van der Waals surface area contributed by atoms with Gasteiger partial charge in [-0.05, 0) is 19.8 Å². The SMILES string of the molecule is CC(N)c1nnc(NC2CCCCCCC2)o1. The molecule has 0 aliphatic heterocycles. The summed E-state index contributed by atoms with van der Waals surface area (Å²) in [5.41, 5.74) is 5.68. The number of nitrogens with zero attached hydrogens (tertiary/aromatic N) is 2. The van der Waals surface area contributed by atoms with Crippen molar-refractivity contribution in [3.63, 3.8) is 0 Å². The van der Waals surface area contributed by atoms with E-state index in [9.17, 15) is 0 Å². The van der Waals surface area contributed by atoms with Gasteiger partial charge < -0.3 is 15.5 Å². The van der Waals surface area contributed by atoms with Gasteiger partial charge in [0, 0.05) is 6.04 Å². The van der Waals surface area contributed by atoms with E-state index in [0.29, 0.717) is 17.9 Å². The summed E-state index contributed by atoms with van der Waals surface area (Å²) in [6, 6.07) is 0.787. The lowest BCUT2D eigenvalue weighted by atomic mass is 9.97. The molecule has 3 N–H and O–H groups in total. The summed E-state index contributed by atoms with van der Waals surface area (Å²) in [6.07, 6.45) is 9.01. The van der Waals surface area contributed by atoms with E-state index in [1.165, 1.54) is 44.9 Å². The fraction of sp³-hybridized carbons (Fsp3) is 0.833. The highest BCUT2D eigenvalue weighted by Gasteiger charge is 2.15. The summed E-state index contributed by atoms with van der Waals surface area (Å²) >= 11 is 0. The molecule has 1 aliphatic rings. The third-order valence-electron chi connectivity index (χ3n) is 3.26. The lowest BCUT2D eigenvalue weighted by molar-refractivity contribution is 0.441. The fourth-order valence-corrected chi connectivity index (χ4v) is 2.25. The van der Waals surface area contributed by atoms with Gasteiger partial charge >= 0.3 is 6.01 Å². The Morgan fingerprint density at radius 1 is 1.18 bits per heavy atom. The smallest absolute Gasteiger partial charge is 0.315 e. The van der Waals surface area contributed by atoms with Gasteiger partial charge in [0.2, 0.25) is 5.89 Å². The molecule has 0 spiro atoms. The van der Waals surface area contributed by atoms with Gasteiger partial charge in [-0.1, -0.05) is 37.2 Å². The minimum atomic E-state index is -0.199. The van der Waals surface area contributed by atoms with Gasteiger partial charge in [0.15, 0.2) is 0 Å². The molecule has 0 bridgehead atoms. The van der Waals surface area contributed by atoms with E-state index >= 15 is 0 Å². The lowest BCUT2D eigenvalue weighted by Crippen LogP contribution is -2.20. The zero-order valence-corrected chi connectivity index (χ0v) is 10.5. The van der Waals surface area contributed by atoms with Crippen LogP contribution >= 0.6 is 0 Å². The third kappa shape index (κ3) is 3.70. The van der Waals surface area contributed by atoms with Crippen molar-refractivity contribution in [3.8, 4) is 0 Å². The van der Waals surface area contributed by atoms with Crippen molar-refractivity contribution in [3.05, 3.63) is 5.89 Å². The molecule has 0 radical (unpaired) electrons. The molecule has 17 heavy (non-hydrogen) atoms. The molecule has 5 heteroatoms. The van der Waals surface area contributed by atoms with Gasteiger partial charge in [-0.2, -0.15) is 0 Å². The molecule has 0 saturated heterocycles. The van der Waals surface area contributed by atoms with E-state index in [-0.39, 0.29) is 6.04 Å². The summed E-state index contributed by atoms with van der Waals surface area (Å²) in [6.45, 7) is 1.84. The maximum absolute atomic E-state index is 5.68. The summed E-state index contributed by atoms with van der Waals surface area (Å²) in [7, 11) is 0. The van der Waals surface area contributed by atoms with E-state index in [4.69, 9.17) is 10.2 Å². The molecular weight excluding hydrogens is 216 g/mol. The molecule has 1 fully saturated rings. The number of anilines is 1. The van der Waals surface area contributed by atoms with Crippen molar-refractivity contribution in [2.24, 2.45) is 5.73 Å². The number of aromatic nitrogens is 2. The van der Waals surface area contributed by atoms with Crippen LogP contribution in [0.1, 0.15) is 63.8 Å². The average molecular weight is 238 g/mol. The van der Waals surface area contributed by atoms with Gasteiger partial charge in [-0.25, -0.2) is 0 Å². The van der Waals surface area contributed by atoms with Crippen LogP contribution in [0.3, 0.4) is 0 Å². The Bertz CT molecular complexity index is 329. The normalized spacial score (nSPS) is 20.6. The molecule has 1 aliphatic carbocycles. The van der Waals surface area contributed by atoms with Crippen LogP contribution in [0, 0.1) is 0 Å². The highest BCUT2D eigenvalue weighted by Crippen LogP contribution is 2.20. The van der Waals surface area contributed by atoms with Gasteiger partial charge in [-0.15, -0.1) is 5.10 Å². The summed E-state index contributed by atoms with van der Waals surface area (Å²) in [5.74, 6) is 0.498. The second-order valence-electron chi connectivity index (χ2n) is 4.92. The number of nitrogens with one attached hydrogen (secondary N) is 1. The largest absolute Gasteiger partial charge is 0.406 e. The first-order chi connectivity index (χ1) is 8.25. The zero-order valence-electron chi connectivity index (χ0n) is 10.5. The molecule has 2 rings (SSSR count). The summed E-state index contributed by atoms with van der Waals surface area (Å²) < 4.78 is 5.46. The Morgan fingerprint density at radius 2 is 1.82 bits per heavy atom. The first kappa shape index (κ1) is 12.4. The fourth-order valence-electron chi connectivity index (χ4n) is 2.25. The second-order valence-corrected chi connectivity index (χ2v) is 4.92. The minimum absolute atomic E-state index is 0.199. The molecule has 0 amide bonds. The Hall–Kier alpha value is -1.10. The maximum Gasteiger partial charge on any atom is 0.315 e. The van der Waals surface area contributed by atoms with E-state index in [0.717, 1.165) is 0 Å². The topological polar surface area (TPSA) is 77.0 Å². The Balaban J connectivity index is 1.89. The van der Waals surface area contributed by atoms with Gasteiger partial charge in [-0.3, -0.25) is 0 Å². The van der Waals surface area contributed by atoms with Crippen LogP contribution in [0.5, 0.6) is 0 Å². The van der Waals surface area contributed by atoms with Crippen molar-refractivity contribution in [2.45, 2.75) is 64.0 Å². The minimum Gasteiger partial charge on any atom is -0.406 e. The number of rotatable bonds is 3. The standard InChI is InChI=1S/C12H22N4O/c1-9(13)11-15-16-12(17-11)14-10-7-5-3-2-4-6-8-10/h9-10H,2-8,13H2,1H3,(H,14,16). The Morgan fingerprint density at radius 3 is 2.41 bits per heavy atom. The molecule has 1 saturated carbocycles. The van der Waals surface area contributed by atoms with Gasteiger partial charge in [0.1, 0.15) is 0 Å². The number of hydrogen-bond acceptors (Lipinski definition) is 5. The maximum atomic E-state index is 5.68. The lowest BCUT2D eigenvalue weighted by Gasteiger charge is -2.19. The molecule has 96 valence electrons. The first-order valence-electron chi connectivity index (χ1n) is 6.61. The van der Waals surface area contributed by atoms with E-state index in [1.807, 2.05) is 6.92 Å². The molecular formula is C12H22N4O. The predicted octanol–water partition coefficient (Wildman–Crippen LogP) is 2.61. The molecule has 1 aromatic heterocycles. The molecule has 1 heterocycles. The molecule has 1 unspecified atom stereocenters. The van der Waals surface area contributed by atoms with Crippen molar-refractivity contribution in [1.29, 1.82) is 0 Å². The zero-order chi connectivity index (χ0) is 12.1. The van der Waals surface area contributed by atoms with Crippen LogP contribution in [-0.4, -0.2) is 16.2 Å². The highest BCUT2D eigenvalue weighted by molar-refractivity contribution is 5.19. The summed E-state index contributed by atoms with van der Waals surface area (Å²) in [4.78, 5) is 0. The van der Waals surface area contributed by atoms with Crippen molar-refractivity contribution < 1.29 is 4.42 Å². The van der Waals surface area contributed by atoms with Gasteiger partial charge in [0.05, 0.1) is 6.04 Å². The second kappa shape index (κ2) is 6.00. The van der Waals surface area contributed by atoms with Crippen LogP contribution in [0.25, 0.3) is 0 Å². The number of hydrogen-bond donors (Lipinski definition) is 2. The number of nitrogens with two attached hydrogens (primary N) is 1. The van der Waals surface area contributed by atoms with E-state index in [1.54, 1.807) is 0 Å². The van der Waals surface area contributed by atoms with E-state index < -0.39 is 0 Å². The van der Waals surface area contributed by atoms with Crippen molar-refractivity contribution >= 4 is 6.01 Å². The average Bonchev–Trinajstić information content (AvgIpc) is 2.70. The Kier molecular flexibility index (Phi) is 4.36. The summed E-state index contributed by atoms with van der Waals surface area (Å²) in [5, 5.41) is 11.2. The molecule has 0 aromatic carbocycles. The van der Waals surface area contributed by atoms with E-state index in [2.05, 4.69) is 15.5 Å². The first-order valence-corrected chi connectivity index (χ1v) is 6.61. The predicted molar refractivity (Wildman–Crippen MR) is 66.6 cm³/mol. The van der Waals surface area contributed by atoms with Crippen LogP contribution in [0.2, 0.25) is 0 Å². The highest BCUT2D eigenvalue weighted by atomic mass is 16.4. The van der Waals surface area contributed by atoms with Crippen LogP contribution in [0.4, 0.5) is 6.01 Å². The molecule has 1 aromatic rings.